The van der Waals surface area contributed by atoms with Crippen LogP contribution in [0, 0.1) is 18.6 Å². The van der Waals surface area contributed by atoms with E-state index in [1.165, 1.54) is 0 Å². The smallest absolute Gasteiger partial charge is 0.184 e. The number of nitrogens with zero attached hydrogens (tertiary/aromatic N) is 6. The molecule has 0 saturated carbocycles. The van der Waals surface area contributed by atoms with Crippen LogP contribution in [0.1, 0.15) is 42.1 Å². The molecule has 44 heavy (non-hydrogen) atoms. The lowest BCUT2D eigenvalue weighted by molar-refractivity contribution is -0.302. The monoisotopic (exact) mass is 658 g/mol. The summed E-state index contributed by atoms with van der Waals surface area (Å²) in [6.07, 6.45) is -0.338. The van der Waals surface area contributed by atoms with E-state index in [1.807, 2.05) is 30.3 Å². The van der Waals surface area contributed by atoms with Gasteiger partial charge in [-0.25, -0.2) is 23.1 Å². The van der Waals surface area contributed by atoms with E-state index in [0.29, 0.717) is 33.8 Å². The van der Waals surface area contributed by atoms with Crippen LogP contribution in [0.4, 0.5) is 8.78 Å². The normalized spacial score (nSPS) is 23.5. The Bertz CT molecular complexity index is 1820. The lowest BCUT2D eigenvalue weighted by Crippen LogP contribution is -2.51. The molecule has 2 aromatic heterocycles. The van der Waals surface area contributed by atoms with Crippen LogP contribution in [0.2, 0.25) is 15.1 Å². The highest BCUT2D eigenvalue weighted by Gasteiger charge is 2.47. The number of benzene rings is 3. The summed E-state index contributed by atoms with van der Waals surface area (Å²) in [6, 6.07) is 16.4. The Kier molecular flexibility index (Phi) is 7.86. The molecular formula is C30H23Cl3F2N6O3. The number of hydrogen-bond donors (Lipinski definition) is 0. The zero-order chi connectivity index (χ0) is 30.5. The predicted octanol–water partition coefficient (Wildman–Crippen LogP) is 7.26. The fourth-order valence-corrected chi connectivity index (χ4v) is 6.04. The summed E-state index contributed by atoms with van der Waals surface area (Å²) in [6.45, 7) is 1.99. The van der Waals surface area contributed by atoms with Crippen LogP contribution in [-0.4, -0.2) is 48.6 Å². The van der Waals surface area contributed by atoms with Crippen LogP contribution >= 0.6 is 34.8 Å². The van der Waals surface area contributed by atoms with E-state index in [1.54, 1.807) is 40.7 Å². The fraction of sp³-hybridized carbons (Fsp3) is 0.267. The van der Waals surface area contributed by atoms with Crippen molar-refractivity contribution in [1.82, 2.24) is 29.8 Å². The number of rotatable bonds is 5. The molecule has 5 aromatic rings. The van der Waals surface area contributed by atoms with Crippen LogP contribution in [0.3, 0.4) is 0 Å². The molecule has 0 spiro atoms. The van der Waals surface area contributed by atoms with Gasteiger partial charge >= 0.3 is 0 Å². The second-order valence-corrected chi connectivity index (χ2v) is 11.7. The van der Waals surface area contributed by atoms with E-state index in [2.05, 4.69) is 15.4 Å². The molecule has 4 heterocycles. The number of ether oxygens (including phenoxy) is 3. The molecule has 7 rings (SSSR count). The van der Waals surface area contributed by atoms with Crippen LogP contribution < -0.4 is 0 Å². The minimum absolute atomic E-state index is 0.192. The first-order valence-electron chi connectivity index (χ1n) is 13.7. The Hall–Kier alpha value is -3.45. The standard InChI is InChI=1S/C30H23Cl3F2N6O3/c1-15-36-29(41(38-15)23-11-18(31)7-8-19(23)32)25-12-24(28-26(43-25)14-42-30(44-28)16-5-3-2-4-6-16)40-13-22(37-39-40)17-9-20(34)27(33)21(35)10-17/h2-11,13,24-26,28,30H,12,14H2,1H3. The van der Waals surface area contributed by atoms with Gasteiger partial charge in [0.1, 0.15) is 46.5 Å². The van der Waals surface area contributed by atoms with Crippen molar-refractivity contribution in [3.8, 4) is 16.9 Å². The molecule has 2 aliphatic rings. The third kappa shape index (κ3) is 5.48. The van der Waals surface area contributed by atoms with Gasteiger partial charge in [-0.15, -0.1) is 5.10 Å². The number of aryl methyl sites for hydroxylation is 1. The largest absolute Gasteiger partial charge is 0.362 e. The number of hydrogen-bond acceptors (Lipinski definition) is 7. The first kappa shape index (κ1) is 29.3. The lowest BCUT2D eigenvalue weighted by atomic mass is 9.93. The number of aromatic nitrogens is 6. The summed E-state index contributed by atoms with van der Waals surface area (Å²) in [4.78, 5) is 4.69. The molecular weight excluding hydrogens is 637 g/mol. The minimum Gasteiger partial charge on any atom is -0.362 e. The third-order valence-electron chi connectivity index (χ3n) is 7.60. The second kappa shape index (κ2) is 11.8. The molecule has 0 aliphatic carbocycles. The Labute approximate surface area is 265 Å². The Morgan fingerprint density at radius 1 is 0.955 bits per heavy atom. The molecule has 0 bridgehead atoms. The highest BCUT2D eigenvalue weighted by atomic mass is 35.5. The van der Waals surface area contributed by atoms with E-state index < -0.39 is 47.3 Å². The van der Waals surface area contributed by atoms with Gasteiger partial charge in [0.2, 0.25) is 0 Å². The highest BCUT2D eigenvalue weighted by molar-refractivity contribution is 6.34. The van der Waals surface area contributed by atoms with Gasteiger partial charge in [0.05, 0.1) is 29.6 Å². The molecule has 226 valence electrons. The van der Waals surface area contributed by atoms with Crippen molar-refractivity contribution >= 4 is 34.8 Å². The number of halogens is 5. The summed E-state index contributed by atoms with van der Waals surface area (Å²) in [5, 5.41) is 13.5. The average molecular weight is 660 g/mol. The van der Waals surface area contributed by atoms with Crippen molar-refractivity contribution in [1.29, 1.82) is 0 Å². The van der Waals surface area contributed by atoms with Gasteiger partial charge in [-0.05, 0) is 37.3 Å². The van der Waals surface area contributed by atoms with Crippen LogP contribution in [0.15, 0.2) is 66.9 Å². The van der Waals surface area contributed by atoms with Gasteiger partial charge in [0.25, 0.3) is 0 Å². The van der Waals surface area contributed by atoms with Crippen molar-refractivity contribution in [3.05, 3.63) is 111 Å². The van der Waals surface area contributed by atoms with Crippen LogP contribution in [-0.2, 0) is 14.2 Å². The summed E-state index contributed by atoms with van der Waals surface area (Å²) in [5.74, 6) is -0.776. The van der Waals surface area contributed by atoms with Gasteiger partial charge in [-0.1, -0.05) is 70.3 Å². The van der Waals surface area contributed by atoms with Gasteiger partial charge in [-0.2, -0.15) is 5.10 Å². The topological polar surface area (TPSA) is 89.1 Å². The molecule has 14 heteroatoms. The average Bonchev–Trinajstić information content (AvgIpc) is 3.68. The maximum atomic E-state index is 14.3. The Balaban J connectivity index is 1.27. The molecule has 0 amide bonds. The minimum atomic E-state index is -0.893. The molecule has 9 nitrogen and oxygen atoms in total. The van der Waals surface area contributed by atoms with E-state index >= 15 is 0 Å². The molecule has 0 radical (unpaired) electrons. The summed E-state index contributed by atoms with van der Waals surface area (Å²) in [7, 11) is 0. The molecule has 3 aromatic carbocycles. The zero-order valence-corrected chi connectivity index (χ0v) is 25.2. The van der Waals surface area contributed by atoms with Crippen molar-refractivity contribution < 1.29 is 23.0 Å². The fourth-order valence-electron chi connectivity index (χ4n) is 5.57. The molecule has 2 fully saturated rings. The second-order valence-electron chi connectivity index (χ2n) is 10.5. The van der Waals surface area contributed by atoms with Crippen molar-refractivity contribution in [2.24, 2.45) is 0 Å². The van der Waals surface area contributed by atoms with Crippen molar-refractivity contribution in [3.63, 3.8) is 0 Å². The van der Waals surface area contributed by atoms with Crippen molar-refractivity contribution in [2.45, 2.75) is 44.0 Å². The number of fused-ring (bicyclic) bond motifs is 1. The van der Waals surface area contributed by atoms with Gasteiger partial charge in [0.15, 0.2) is 12.1 Å². The van der Waals surface area contributed by atoms with E-state index in [-0.39, 0.29) is 17.9 Å². The first-order valence-corrected chi connectivity index (χ1v) is 14.8. The van der Waals surface area contributed by atoms with Crippen molar-refractivity contribution in [2.75, 3.05) is 6.61 Å². The molecule has 5 unspecified atom stereocenters. The van der Waals surface area contributed by atoms with Gasteiger partial charge in [-0.3, -0.25) is 0 Å². The molecule has 2 saturated heterocycles. The third-order valence-corrected chi connectivity index (χ3v) is 8.51. The maximum Gasteiger partial charge on any atom is 0.184 e. The van der Waals surface area contributed by atoms with E-state index in [0.717, 1.165) is 17.7 Å². The molecule has 0 N–H and O–H groups in total. The summed E-state index contributed by atoms with van der Waals surface area (Å²) >= 11 is 18.5. The maximum absolute atomic E-state index is 14.3. The Morgan fingerprint density at radius 3 is 2.50 bits per heavy atom. The summed E-state index contributed by atoms with van der Waals surface area (Å²) < 4.78 is 51.0. The molecule has 5 atom stereocenters. The first-order chi connectivity index (χ1) is 21.2. The summed E-state index contributed by atoms with van der Waals surface area (Å²) in [5.41, 5.74) is 1.85. The quantitative estimate of drug-likeness (QED) is 0.184. The zero-order valence-electron chi connectivity index (χ0n) is 22.9. The molecule has 2 aliphatic heterocycles. The predicted molar refractivity (Wildman–Crippen MR) is 158 cm³/mol. The SMILES string of the molecule is Cc1nc(C2CC(n3cc(-c4cc(F)c(Cl)c(F)c4)nn3)C3OC(c4ccccc4)OCC3O2)n(-c2cc(Cl)ccc2Cl)n1. The van der Waals surface area contributed by atoms with Gasteiger partial charge in [0, 0.05) is 22.6 Å². The van der Waals surface area contributed by atoms with Gasteiger partial charge < -0.3 is 14.2 Å². The van der Waals surface area contributed by atoms with E-state index in [9.17, 15) is 8.78 Å². The van der Waals surface area contributed by atoms with Crippen LogP contribution in [0.5, 0.6) is 0 Å². The Morgan fingerprint density at radius 2 is 1.73 bits per heavy atom. The highest BCUT2D eigenvalue weighted by Crippen LogP contribution is 2.44. The lowest BCUT2D eigenvalue weighted by Gasteiger charge is -2.45. The van der Waals surface area contributed by atoms with E-state index in [4.69, 9.17) is 54.0 Å². The van der Waals surface area contributed by atoms with Crippen LogP contribution in [0.25, 0.3) is 16.9 Å².